The average Bonchev–Trinajstić information content (AvgIpc) is 2.80. The van der Waals surface area contributed by atoms with Gasteiger partial charge in [0.15, 0.2) is 0 Å². The molecule has 182 valence electrons. The molecule has 1 saturated heterocycles. The maximum absolute atomic E-state index is 12.8. The van der Waals surface area contributed by atoms with Crippen molar-refractivity contribution in [1.82, 2.24) is 15.5 Å². The van der Waals surface area contributed by atoms with E-state index in [0.717, 1.165) is 55.9 Å². The first-order chi connectivity index (χ1) is 16.2. The lowest BCUT2D eigenvalue weighted by Gasteiger charge is -2.46. The molecule has 0 aromatic heterocycles. The van der Waals surface area contributed by atoms with Crippen molar-refractivity contribution in [3.8, 4) is 0 Å². The Morgan fingerprint density at radius 2 is 1.68 bits per heavy atom. The molecule has 2 N–H and O–H groups in total. The third-order valence-electron chi connectivity index (χ3n) is 6.69. The summed E-state index contributed by atoms with van der Waals surface area (Å²) in [5, 5.41) is 6.02. The van der Waals surface area contributed by atoms with E-state index < -0.39 is 17.6 Å². The first-order valence-corrected chi connectivity index (χ1v) is 11.8. The summed E-state index contributed by atoms with van der Waals surface area (Å²) in [6.07, 6.45) is -0.0519. The molecular formula is C25H27ClF3N3O2. The number of hydrogen-bond acceptors (Lipinski definition) is 3. The molecule has 1 aliphatic heterocycles. The molecule has 9 heteroatoms. The van der Waals surface area contributed by atoms with Crippen molar-refractivity contribution in [3.63, 3.8) is 0 Å². The van der Waals surface area contributed by atoms with Crippen molar-refractivity contribution >= 4 is 23.4 Å². The fraction of sp³-hybridized carbons (Fsp3) is 0.440. The summed E-state index contributed by atoms with van der Waals surface area (Å²) in [6.45, 7) is 1.25. The Labute approximate surface area is 201 Å². The molecule has 2 amide bonds. The monoisotopic (exact) mass is 493 g/mol. The molecule has 0 radical (unpaired) electrons. The summed E-state index contributed by atoms with van der Waals surface area (Å²) in [5.41, 5.74) is 0.303. The van der Waals surface area contributed by atoms with Crippen LogP contribution < -0.4 is 10.6 Å². The van der Waals surface area contributed by atoms with E-state index in [1.54, 1.807) is 0 Å². The van der Waals surface area contributed by atoms with E-state index in [9.17, 15) is 22.8 Å². The van der Waals surface area contributed by atoms with E-state index in [2.05, 4.69) is 27.7 Å². The Hall–Kier alpha value is -2.58. The Morgan fingerprint density at radius 3 is 2.32 bits per heavy atom. The predicted molar refractivity (Wildman–Crippen MR) is 124 cm³/mol. The first-order valence-electron chi connectivity index (χ1n) is 11.4. The fourth-order valence-corrected chi connectivity index (χ4v) is 4.92. The number of nitrogens with one attached hydrogen (secondary N) is 2. The molecule has 1 aliphatic carbocycles. The van der Waals surface area contributed by atoms with Gasteiger partial charge in [-0.1, -0.05) is 29.8 Å². The maximum Gasteiger partial charge on any atom is 0.416 e. The number of rotatable bonds is 6. The van der Waals surface area contributed by atoms with Crippen molar-refractivity contribution < 1.29 is 22.8 Å². The molecule has 1 heterocycles. The second kappa shape index (κ2) is 10.4. The van der Waals surface area contributed by atoms with Crippen LogP contribution in [0.3, 0.4) is 0 Å². The summed E-state index contributed by atoms with van der Waals surface area (Å²) in [5.74, 6) is -0.504. The van der Waals surface area contributed by atoms with Crippen LogP contribution in [0.5, 0.6) is 0 Å². The van der Waals surface area contributed by atoms with Crippen LogP contribution in [0.2, 0.25) is 5.02 Å². The van der Waals surface area contributed by atoms with Gasteiger partial charge in [0.2, 0.25) is 5.91 Å². The number of likely N-dealkylation sites (tertiary alicyclic amines) is 1. The second-order valence-electron chi connectivity index (χ2n) is 9.04. The molecule has 2 fully saturated rings. The quantitative estimate of drug-likeness (QED) is 0.617. The van der Waals surface area contributed by atoms with Gasteiger partial charge in [0, 0.05) is 29.7 Å². The molecule has 0 atom stereocenters. The third kappa shape index (κ3) is 6.10. The highest BCUT2D eigenvalue weighted by Crippen LogP contribution is 2.36. The topological polar surface area (TPSA) is 61.4 Å². The summed E-state index contributed by atoms with van der Waals surface area (Å²) in [6, 6.07) is 12.8. The molecule has 0 bridgehead atoms. The summed E-state index contributed by atoms with van der Waals surface area (Å²) < 4.78 is 38.4. The molecule has 2 aromatic carbocycles. The smallest absolute Gasteiger partial charge is 0.349 e. The minimum absolute atomic E-state index is 0.0203. The molecule has 0 unspecified atom stereocenters. The van der Waals surface area contributed by atoms with Crippen LogP contribution in [0.1, 0.15) is 53.1 Å². The van der Waals surface area contributed by atoms with Gasteiger partial charge in [0.25, 0.3) is 5.91 Å². The lowest BCUT2D eigenvalue weighted by atomic mass is 9.80. The molecule has 0 spiro atoms. The van der Waals surface area contributed by atoms with Crippen LogP contribution in [0.4, 0.5) is 13.2 Å². The van der Waals surface area contributed by atoms with Crippen LogP contribution in [0, 0.1) is 0 Å². The number of amides is 2. The van der Waals surface area contributed by atoms with E-state index in [4.69, 9.17) is 11.6 Å². The molecule has 2 aliphatic rings. The maximum atomic E-state index is 12.8. The third-order valence-corrected chi connectivity index (χ3v) is 6.94. The zero-order chi connectivity index (χ0) is 24.3. The molecule has 4 rings (SSSR count). The van der Waals surface area contributed by atoms with E-state index >= 15 is 0 Å². The molecular weight excluding hydrogens is 467 g/mol. The second-order valence-corrected chi connectivity index (χ2v) is 9.47. The van der Waals surface area contributed by atoms with Gasteiger partial charge >= 0.3 is 6.18 Å². The number of nitrogens with zero attached hydrogens (tertiary/aromatic N) is 1. The Morgan fingerprint density at radius 1 is 1.00 bits per heavy atom. The summed E-state index contributed by atoms with van der Waals surface area (Å²) in [4.78, 5) is 26.7. The number of carbonyl (C=O) groups is 2. The van der Waals surface area contributed by atoms with Gasteiger partial charge in [-0.05, 0) is 67.5 Å². The van der Waals surface area contributed by atoms with Gasteiger partial charge in [-0.3, -0.25) is 14.5 Å². The zero-order valence-corrected chi connectivity index (χ0v) is 19.3. The zero-order valence-electron chi connectivity index (χ0n) is 18.6. The number of hydrogen-bond donors (Lipinski definition) is 2. The normalized spacial score (nSPS) is 21.5. The Kier molecular flexibility index (Phi) is 7.48. The predicted octanol–water partition coefficient (Wildman–Crippen LogP) is 4.62. The molecule has 34 heavy (non-hydrogen) atoms. The fourth-order valence-electron chi connectivity index (χ4n) is 4.79. The van der Waals surface area contributed by atoms with Crippen molar-refractivity contribution in [2.75, 3.05) is 19.6 Å². The van der Waals surface area contributed by atoms with Crippen LogP contribution in [-0.4, -0.2) is 48.4 Å². The average molecular weight is 494 g/mol. The summed E-state index contributed by atoms with van der Waals surface area (Å²) in [7, 11) is 0. The summed E-state index contributed by atoms with van der Waals surface area (Å²) >= 11 is 5.98. The highest BCUT2D eigenvalue weighted by Gasteiger charge is 2.35. The van der Waals surface area contributed by atoms with Crippen molar-refractivity contribution in [1.29, 1.82) is 0 Å². The highest BCUT2D eigenvalue weighted by atomic mass is 35.5. The highest BCUT2D eigenvalue weighted by molar-refractivity contribution is 6.30. The number of halogens is 4. The van der Waals surface area contributed by atoms with Crippen molar-refractivity contribution in [2.45, 2.75) is 49.9 Å². The molecule has 5 nitrogen and oxygen atoms in total. The van der Waals surface area contributed by atoms with E-state index in [-0.39, 0.29) is 24.1 Å². The van der Waals surface area contributed by atoms with Gasteiger partial charge in [-0.15, -0.1) is 0 Å². The van der Waals surface area contributed by atoms with Gasteiger partial charge < -0.3 is 10.6 Å². The minimum atomic E-state index is -4.53. The Bertz CT molecular complexity index is 1010. The SMILES string of the molecule is O=C(CNC(=O)c1cccc(C(F)(F)F)c1)NC1CN(C2CCC(c3ccc(Cl)cc3)CC2)C1. The van der Waals surface area contributed by atoms with Crippen LogP contribution in [0.15, 0.2) is 48.5 Å². The standard InChI is InChI=1S/C25H27ClF3N3O2/c26-20-8-4-16(5-9-20)17-6-10-22(11-7-17)32-14-21(15-32)31-23(33)13-30-24(34)18-2-1-3-19(12-18)25(27,28)29/h1-5,8-9,12,17,21-22H,6-7,10-11,13-15H2,(H,30,34)(H,31,33). The van der Waals surface area contributed by atoms with Gasteiger partial charge in [-0.2, -0.15) is 13.2 Å². The molecule has 2 aromatic rings. The van der Waals surface area contributed by atoms with Crippen LogP contribution >= 0.6 is 11.6 Å². The lowest BCUT2D eigenvalue weighted by molar-refractivity contribution is -0.137. The number of carbonyl (C=O) groups excluding carboxylic acids is 2. The number of benzene rings is 2. The van der Waals surface area contributed by atoms with E-state index in [0.29, 0.717) is 12.0 Å². The van der Waals surface area contributed by atoms with Crippen LogP contribution in [-0.2, 0) is 11.0 Å². The number of alkyl halides is 3. The first kappa shape index (κ1) is 24.5. The largest absolute Gasteiger partial charge is 0.416 e. The van der Waals surface area contributed by atoms with Crippen molar-refractivity contribution in [2.24, 2.45) is 0 Å². The van der Waals surface area contributed by atoms with Crippen molar-refractivity contribution in [3.05, 3.63) is 70.2 Å². The van der Waals surface area contributed by atoms with Gasteiger partial charge in [0.1, 0.15) is 0 Å². The van der Waals surface area contributed by atoms with Crippen LogP contribution in [0.25, 0.3) is 0 Å². The Balaban J connectivity index is 1.15. The van der Waals surface area contributed by atoms with E-state index in [1.807, 2.05) is 12.1 Å². The molecule has 1 saturated carbocycles. The van der Waals surface area contributed by atoms with E-state index in [1.165, 1.54) is 17.7 Å². The minimum Gasteiger partial charge on any atom is -0.349 e. The van der Waals surface area contributed by atoms with Gasteiger partial charge in [0.05, 0.1) is 18.2 Å². The lowest BCUT2D eigenvalue weighted by Crippen LogP contribution is -2.63. The van der Waals surface area contributed by atoms with Gasteiger partial charge in [-0.25, -0.2) is 0 Å².